The van der Waals surface area contributed by atoms with E-state index in [4.69, 9.17) is 9.84 Å². The van der Waals surface area contributed by atoms with Gasteiger partial charge < -0.3 is 14.7 Å². The maximum absolute atomic E-state index is 11.7. The van der Waals surface area contributed by atoms with Gasteiger partial charge in [0.2, 0.25) is 5.91 Å². The van der Waals surface area contributed by atoms with Gasteiger partial charge in [-0.2, -0.15) is 0 Å². The first-order valence-corrected chi connectivity index (χ1v) is 7.80. The molecule has 0 saturated carbocycles. The van der Waals surface area contributed by atoms with Crippen molar-refractivity contribution >= 4 is 5.91 Å². The van der Waals surface area contributed by atoms with Gasteiger partial charge in [-0.25, -0.2) is 0 Å². The van der Waals surface area contributed by atoms with Crippen molar-refractivity contribution in [2.45, 2.75) is 38.5 Å². The maximum atomic E-state index is 11.7. The van der Waals surface area contributed by atoms with Crippen LogP contribution in [0.5, 0.6) is 5.75 Å². The first kappa shape index (κ1) is 15.8. The summed E-state index contributed by atoms with van der Waals surface area (Å²) in [5.41, 5.74) is 2.87. The standard InChI is InChI=1S/C17H25NO3/c1-18(10-11-19)17(20)7-4-12-21-16-9-8-14-5-2-3-6-15(14)13-16/h8-9,13,19H,2-7,10-12H2,1H3. The van der Waals surface area contributed by atoms with E-state index in [-0.39, 0.29) is 12.5 Å². The van der Waals surface area contributed by atoms with Crippen LogP contribution in [0.1, 0.15) is 36.8 Å². The number of nitrogens with zero attached hydrogens (tertiary/aromatic N) is 1. The molecule has 1 aromatic carbocycles. The molecule has 1 aliphatic carbocycles. The van der Waals surface area contributed by atoms with Gasteiger partial charge in [0.15, 0.2) is 0 Å². The molecule has 21 heavy (non-hydrogen) atoms. The molecule has 0 atom stereocenters. The number of carbonyl (C=O) groups is 1. The minimum absolute atomic E-state index is 0.00780. The number of aliphatic hydroxyl groups excluding tert-OH is 1. The SMILES string of the molecule is CN(CCO)C(=O)CCCOc1ccc2c(c1)CCCC2. The lowest BCUT2D eigenvalue weighted by atomic mass is 9.92. The van der Waals surface area contributed by atoms with Crippen molar-refractivity contribution in [2.75, 3.05) is 26.8 Å². The minimum atomic E-state index is 0.00780. The van der Waals surface area contributed by atoms with E-state index in [1.54, 1.807) is 11.9 Å². The lowest BCUT2D eigenvalue weighted by Gasteiger charge is -2.17. The molecule has 116 valence electrons. The first-order valence-electron chi connectivity index (χ1n) is 7.80. The summed E-state index contributed by atoms with van der Waals surface area (Å²) >= 11 is 0. The van der Waals surface area contributed by atoms with E-state index in [1.165, 1.54) is 30.4 Å². The normalized spacial score (nSPS) is 13.6. The Kier molecular flexibility index (Phi) is 6.05. The van der Waals surface area contributed by atoms with Gasteiger partial charge in [0, 0.05) is 20.0 Å². The number of ether oxygens (including phenoxy) is 1. The number of hydrogen-bond donors (Lipinski definition) is 1. The number of likely N-dealkylation sites (N-methyl/N-ethyl adjacent to an activating group) is 1. The van der Waals surface area contributed by atoms with Crippen LogP contribution >= 0.6 is 0 Å². The van der Waals surface area contributed by atoms with Crippen molar-refractivity contribution in [2.24, 2.45) is 0 Å². The van der Waals surface area contributed by atoms with Gasteiger partial charge in [0.05, 0.1) is 13.2 Å². The van der Waals surface area contributed by atoms with Crippen molar-refractivity contribution in [1.29, 1.82) is 0 Å². The fraction of sp³-hybridized carbons (Fsp3) is 0.588. The predicted octanol–water partition coefficient (Wildman–Crippen LogP) is 2.18. The third-order valence-corrected chi connectivity index (χ3v) is 3.98. The Hall–Kier alpha value is -1.55. The molecule has 4 nitrogen and oxygen atoms in total. The molecular weight excluding hydrogens is 266 g/mol. The van der Waals surface area contributed by atoms with Gasteiger partial charge in [-0.1, -0.05) is 6.07 Å². The largest absolute Gasteiger partial charge is 0.494 e. The highest BCUT2D eigenvalue weighted by Gasteiger charge is 2.10. The second-order valence-electron chi connectivity index (χ2n) is 5.63. The summed E-state index contributed by atoms with van der Waals surface area (Å²) in [7, 11) is 1.71. The maximum Gasteiger partial charge on any atom is 0.222 e. The Bertz CT molecular complexity index is 473. The number of fused-ring (bicyclic) bond motifs is 1. The number of hydrogen-bond acceptors (Lipinski definition) is 3. The molecule has 2 rings (SSSR count). The van der Waals surface area contributed by atoms with E-state index < -0.39 is 0 Å². The van der Waals surface area contributed by atoms with Gasteiger partial charge in [-0.05, 0) is 55.4 Å². The third-order valence-electron chi connectivity index (χ3n) is 3.98. The molecule has 0 saturated heterocycles. The van der Waals surface area contributed by atoms with E-state index in [1.807, 2.05) is 6.07 Å². The summed E-state index contributed by atoms with van der Waals surface area (Å²) in [5, 5.41) is 8.78. The minimum Gasteiger partial charge on any atom is -0.494 e. The van der Waals surface area contributed by atoms with Gasteiger partial charge in [0.25, 0.3) is 0 Å². The van der Waals surface area contributed by atoms with Crippen LogP contribution in [0.25, 0.3) is 0 Å². The fourth-order valence-electron chi connectivity index (χ4n) is 2.68. The van der Waals surface area contributed by atoms with Crippen LogP contribution < -0.4 is 4.74 Å². The van der Waals surface area contributed by atoms with Crippen LogP contribution in [0.2, 0.25) is 0 Å². The molecule has 0 fully saturated rings. The van der Waals surface area contributed by atoms with Crippen LogP contribution in [0.3, 0.4) is 0 Å². The summed E-state index contributed by atoms with van der Waals surface area (Å²) in [6.07, 6.45) is 6.05. The third kappa shape index (κ3) is 4.74. The van der Waals surface area contributed by atoms with Crippen molar-refractivity contribution in [1.82, 2.24) is 4.90 Å². The second-order valence-corrected chi connectivity index (χ2v) is 5.63. The van der Waals surface area contributed by atoms with E-state index in [2.05, 4.69) is 12.1 Å². The van der Waals surface area contributed by atoms with E-state index in [9.17, 15) is 4.79 Å². The molecular formula is C17H25NO3. The molecule has 0 spiro atoms. The Balaban J connectivity index is 1.72. The molecule has 1 aliphatic rings. The second kappa shape index (κ2) is 8.03. The van der Waals surface area contributed by atoms with Gasteiger partial charge >= 0.3 is 0 Å². The van der Waals surface area contributed by atoms with Crippen LogP contribution in [-0.4, -0.2) is 42.7 Å². The molecule has 0 unspecified atom stereocenters. The van der Waals surface area contributed by atoms with Gasteiger partial charge in [-0.3, -0.25) is 4.79 Å². The van der Waals surface area contributed by atoms with Crippen LogP contribution in [0, 0.1) is 0 Å². The van der Waals surface area contributed by atoms with E-state index >= 15 is 0 Å². The van der Waals surface area contributed by atoms with Crippen LogP contribution in [0.15, 0.2) is 18.2 Å². The van der Waals surface area contributed by atoms with Gasteiger partial charge in [-0.15, -0.1) is 0 Å². The molecule has 0 radical (unpaired) electrons. The lowest BCUT2D eigenvalue weighted by Crippen LogP contribution is -2.29. The first-order chi connectivity index (χ1) is 10.2. The van der Waals surface area contributed by atoms with Crippen molar-refractivity contribution in [3.05, 3.63) is 29.3 Å². The van der Waals surface area contributed by atoms with Crippen molar-refractivity contribution < 1.29 is 14.6 Å². The van der Waals surface area contributed by atoms with E-state index in [0.717, 1.165) is 12.2 Å². The highest BCUT2D eigenvalue weighted by atomic mass is 16.5. The Morgan fingerprint density at radius 3 is 2.81 bits per heavy atom. The topological polar surface area (TPSA) is 49.8 Å². The van der Waals surface area contributed by atoms with Crippen molar-refractivity contribution in [3.63, 3.8) is 0 Å². The predicted molar refractivity (Wildman–Crippen MR) is 82.5 cm³/mol. The molecule has 1 aromatic rings. The zero-order chi connectivity index (χ0) is 15.1. The van der Waals surface area contributed by atoms with Crippen molar-refractivity contribution in [3.8, 4) is 5.75 Å². The number of aryl methyl sites for hydroxylation is 2. The molecule has 0 bridgehead atoms. The quantitative estimate of drug-likeness (QED) is 0.783. The Morgan fingerprint density at radius 1 is 1.29 bits per heavy atom. The fourth-order valence-corrected chi connectivity index (χ4v) is 2.68. The average Bonchev–Trinajstić information content (AvgIpc) is 2.51. The van der Waals surface area contributed by atoms with Crippen LogP contribution in [0.4, 0.5) is 0 Å². The molecule has 0 heterocycles. The van der Waals surface area contributed by atoms with E-state index in [0.29, 0.717) is 26.0 Å². The Morgan fingerprint density at radius 2 is 2.05 bits per heavy atom. The Labute approximate surface area is 126 Å². The molecule has 0 aromatic heterocycles. The number of carbonyl (C=O) groups excluding carboxylic acids is 1. The molecule has 1 N–H and O–H groups in total. The summed E-state index contributed by atoms with van der Waals surface area (Å²) in [6, 6.07) is 6.35. The summed E-state index contributed by atoms with van der Waals surface area (Å²) in [4.78, 5) is 13.2. The number of benzene rings is 1. The number of amides is 1. The molecule has 4 heteroatoms. The number of aliphatic hydroxyl groups is 1. The number of rotatable bonds is 7. The average molecular weight is 291 g/mol. The van der Waals surface area contributed by atoms with Gasteiger partial charge in [0.1, 0.15) is 5.75 Å². The summed E-state index contributed by atoms with van der Waals surface area (Å²) < 4.78 is 5.74. The molecule has 1 amide bonds. The molecule has 0 aliphatic heterocycles. The smallest absolute Gasteiger partial charge is 0.222 e. The zero-order valence-electron chi connectivity index (χ0n) is 12.8. The highest BCUT2D eigenvalue weighted by Crippen LogP contribution is 2.25. The van der Waals surface area contributed by atoms with Crippen LogP contribution in [-0.2, 0) is 17.6 Å². The summed E-state index contributed by atoms with van der Waals surface area (Å²) in [6.45, 7) is 0.954. The zero-order valence-corrected chi connectivity index (χ0v) is 12.8. The summed E-state index contributed by atoms with van der Waals surface area (Å²) in [5.74, 6) is 0.963. The lowest BCUT2D eigenvalue weighted by molar-refractivity contribution is -0.130. The highest BCUT2D eigenvalue weighted by molar-refractivity contribution is 5.75. The monoisotopic (exact) mass is 291 g/mol.